The molecular formula is C34H37N3O4S. The maximum atomic E-state index is 14.4. The van der Waals surface area contributed by atoms with Crippen LogP contribution >= 0.6 is 0 Å². The average Bonchev–Trinajstić information content (AvgIpc) is 3.00. The summed E-state index contributed by atoms with van der Waals surface area (Å²) in [5.74, 6) is -0.773. The fraction of sp³-hybridized carbons (Fsp3) is 0.235. The van der Waals surface area contributed by atoms with Crippen LogP contribution in [0.3, 0.4) is 0 Å². The van der Waals surface area contributed by atoms with Crippen LogP contribution in [0.2, 0.25) is 0 Å². The SMILES string of the molecule is CCNC(=O)[C@@H](Cc1ccccc1)N(Cc1ccccc1C)C(=O)CN(c1ccccc1C)S(=O)(=O)c1ccccc1. The first kappa shape index (κ1) is 30.5. The topological polar surface area (TPSA) is 86.8 Å². The van der Waals surface area contributed by atoms with Gasteiger partial charge in [0.1, 0.15) is 12.6 Å². The monoisotopic (exact) mass is 583 g/mol. The molecule has 0 unspecified atom stereocenters. The molecule has 0 aliphatic carbocycles. The largest absolute Gasteiger partial charge is 0.355 e. The molecule has 8 heteroatoms. The molecule has 0 spiro atoms. The van der Waals surface area contributed by atoms with Crippen molar-refractivity contribution in [1.82, 2.24) is 10.2 Å². The zero-order chi connectivity index (χ0) is 30.1. The molecule has 0 fully saturated rings. The molecule has 0 saturated heterocycles. The minimum Gasteiger partial charge on any atom is -0.355 e. The van der Waals surface area contributed by atoms with Gasteiger partial charge in [-0.05, 0) is 61.2 Å². The molecule has 2 amide bonds. The highest BCUT2D eigenvalue weighted by Crippen LogP contribution is 2.27. The van der Waals surface area contributed by atoms with Crippen LogP contribution in [-0.2, 0) is 32.6 Å². The number of anilines is 1. The summed E-state index contributed by atoms with van der Waals surface area (Å²) < 4.78 is 29.2. The predicted octanol–water partition coefficient (Wildman–Crippen LogP) is 5.27. The third-order valence-corrected chi connectivity index (χ3v) is 8.99. The number of hydrogen-bond acceptors (Lipinski definition) is 4. The van der Waals surface area contributed by atoms with Crippen LogP contribution in [0.15, 0.2) is 114 Å². The maximum absolute atomic E-state index is 14.4. The molecule has 0 radical (unpaired) electrons. The minimum absolute atomic E-state index is 0.0797. The second-order valence-corrected chi connectivity index (χ2v) is 12.0. The summed E-state index contributed by atoms with van der Waals surface area (Å²) >= 11 is 0. The van der Waals surface area contributed by atoms with Crippen molar-refractivity contribution >= 4 is 27.5 Å². The van der Waals surface area contributed by atoms with Crippen molar-refractivity contribution in [3.8, 4) is 0 Å². The molecule has 0 bridgehead atoms. The van der Waals surface area contributed by atoms with Crippen molar-refractivity contribution in [1.29, 1.82) is 0 Å². The number of likely N-dealkylation sites (N-methyl/N-ethyl adjacent to an activating group) is 1. The second-order valence-electron chi connectivity index (χ2n) is 10.2. The molecule has 4 aromatic carbocycles. The van der Waals surface area contributed by atoms with E-state index >= 15 is 0 Å². The fourth-order valence-corrected chi connectivity index (χ4v) is 6.39. The summed E-state index contributed by atoms with van der Waals surface area (Å²) in [5.41, 5.74) is 3.85. The van der Waals surface area contributed by atoms with E-state index in [2.05, 4.69) is 5.32 Å². The number of sulfonamides is 1. The van der Waals surface area contributed by atoms with E-state index in [9.17, 15) is 18.0 Å². The predicted molar refractivity (Wildman–Crippen MR) is 166 cm³/mol. The van der Waals surface area contributed by atoms with Gasteiger partial charge in [-0.1, -0.05) is 91.0 Å². The number of nitrogens with zero attached hydrogens (tertiary/aromatic N) is 2. The standard InChI is InChI=1S/C34H37N3O4S/c1-4-35-34(39)32(23-28-17-7-5-8-18-28)36(24-29-19-13-11-15-26(29)2)33(38)25-37(31-22-14-12-16-27(31)3)42(40,41)30-20-9-6-10-21-30/h5-22,32H,4,23-25H2,1-3H3,(H,35,39)/t32-/m1/s1. The second kappa shape index (κ2) is 14.0. The number of aryl methyl sites for hydroxylation is 2. The van der Waals surface area contributed by atoms with Gasteiger partial charge in [-0.3, -0.25) is 13.9 Å². The number of carbonyl (C=O) groups is 2. The van der Waals surface area contributed by atoms with Gasteiger partial charge in [-0.2, -0.15) is 0 Å². The normalized spacial score (nSPS) is 11.9. The van der Waals surface area contributed by atoms with Gasteiger partial charge in [-0.15, -0.1) is 0 Å². The van der Waals surface area contributed by atoms with Crippen molar-refractivity contribution in [3.63, 3.8) is 0 Å². The molecule has 0 aliphatic rings. The van der Waals surface area contributed by atoms with Crippen LogP contribution < -0.4 is 9.62 Å². The lowest BCUT2D eigenvalue weighted by atomic mass is 10.0. The Kier molecular flexibility index (Phi) is 10.1. The lowest BCUT2D eigenvalue weighted by molar-refractivity contribution is -0.140. The van der Waals surface area contributed by atoms with Crippen molar-refractivity contribution in [3.05, 3.63) is 131 Å². The van der Waals surface area contributed by atoms with Crippen molar-refractivity contribution < 1.29 is 18.0 Å². The summed E-state index contributed by atoms with van der Waals surface area (Å²) in [6.45, 7) is 5.67. The summed E-state index contributed by atoms with van der Waals surface area (Å²) in [5, 5.41) is 2.89. The van der Waals surface area contributed by atoms with E-state index in [1.807, 2.05) is 87.5 Å². The van der Waals surface area contributed by atoms with E-state index < -0.39 is 28.5 Å². The van der Waals surface area contributed by atoms with Crippen LogP contribution in [0, 0.1) is 13.8 Å². The van der Waals surface area contributed by atoms with Gasteiger partial charge >= 0.3 is 0 Å². The maximum Gasteiger partial charge on any atom is 0.264 e. The first-order valence-electron chi connectivity index (χ1n) is 14.0. The molecule has 218 valence electrons. The molecule has 0 aromatic heterocycles. The first-order valence-corrected chi connectivity index (χ1v) is 15.5. The quantitative estimate of drug-likeness (QED) is 0.246. The molecule has 0 saturated carbocycles. The van der Waals surface area contributed by atoms with Gasteiger partial charge in [-0.25, -0.2) is 8.42 Å². The number of para-hydroxylation sites is 1. The van der Waals surface area contributed by atoms with Gasteiger partial charge in [0.05, 0.1) is 10.6 Å². The lowest BCUT2D eigenvalue weighted by Gasteiger charge is -2.34. The number of benzene rings is 4. The molecule has 7 nitrogen and oxygen atoms in total. The Morgan fingerprint density at radius 3 is 1.95 bits per heavy atom. The third-order valence-electron chi connectivity index (χ3n) is 7.22. The zero-order valence-corrected chi connectivity index (χ0v) is 25.1. The van der Waals surface area contributed by atoms with Gasteiger partial charge < -0.3 is 10.2 Å². The lowest BCUT2D eigenvalue weighted by Crippen LogP contribution is -2.53. The Bertz CT molecular complexity index is 1610. The van der Waals surface area contributed by atoms with Gasteiger partial charge in [0.25, 0.3) is 10.0 Å². The van der Waals surface area contributed by atoms with Crippen molar-refractivity contribution in [2.75, 3.05) is 17.4 Å². The Morgan fingerprint density at radius 2 is 1.33 bits per heavy atom. The minimum atomic E-state index is -4.12. The number of carbonyl (C=O) groups excluding carboxylic acids is 2. The Hall–Kier alpha value is -4.43. The third kappa shape index (κ3) is 7.25. The van der Waals surface area contributed by atoms with Gasteiger partial charge in [0.15, 0.2) is 0 Å². The Balaban J connectivity index is 1.81. The average molecular weight is 584 g/mol. The van der Waals surface area contributed by atoms with Gasteiger partial charge in [0, 0.05) is 19.5 Å². The van der Waals surface area contributed by atoms with E-state index in [-0.39, 0.29) is 23.8 Å². The summed E-state index contributed by atoms with van der Waals surface area (Å²) in [6.07, 6.45) is 0.278. The number of amides is 2. The van der Waals surface area contributed by atoms with Crippen LogP contribution in [0.25, 0.3) is 0 Å². The van der Waals surface area contributed by atoms with E-state index in [1.165, 1.54) is 17.0 Å². The first-order chi connectivity index (χ1) is 20.2. The highest BCUT2D eigenvalue weighted by molar-refractivity contribution is 7.92. The van der Waals surface area contributed by atoms with Crippen LogP contribution in [0.5, 0.6) is 0 Å². The molecule has 1 atom stereocenters. The van der Waals surface area contributed by atoms with Crippen LogP contribution in [0.4, 0.5) is 5.69 Å². The Morgan fingerprint density at radius 1 is 0.762 bits per heavy atom. The molecule has 4 aromatic rings. The molecule has 0 aliphatic heterocycles. The van der Waals surface area contributed by atoms with Crippen LogP contribution in [-0.4, -0.2) is 44.3 Å². The zero-order valence-electron chi connectivity index (χ0n) is 24.2. The Labute approximate surface area is 248 Å². The molecule has 4 rings (SSSR count). The van der Waals surface area contributed by atoms with Crippen molar-refractivity contribution in [2.24, 2.45) is 0 Å². The molecule has 0 heterocycles. The van der Waals surface area contributed by atoms with Crippen LogP contribution in [0.1, 0.15) is 29.2 Å². The molecule has 1 N–H and O–H groups in total. The van der Waals surface area contributed by atoms with Crippen molar-refractivity contribution in [2.45, 2.75) is 44.7 Å². The number of rotatable bonds is 12. The fourth-order valence-electron chi connectivity index (χ4n) is 4.89. The number of nitrogens with one attached hydrogen (secondary N) is 1. The van der Waals surface area contributed by atoms with E-state index in [0.29, 0.717) is 17.8 Å². The van der Waals surface area contributed by atoms with E-state index in [0.717, 1.165) is 21.0 Å². The summed E-state index contributed by atoms with van der Waals surface area (Å²) in [7, 11) is -4.12. The summed E-state index contributed by atoms with van der Waals surface area (Å²) in [6, 6.07) is 31.5. The van der Waals surface area contributed by atoms with E-state index in [1.54, 1.807) is 30.3 Å². The number of hydrogen-bond donors (Lipinski definition) is 1. The molecule has 42 heavy (non-hydrogen) atoms. The van der Waals surface area contributed by atoms with E-state index in [4.69, 9.17) is 0 Å². The highest BCUT2D eigenvalue weighted by Gasteiger charge is 2.35. The summed E-state index contributed by atoms with van der Waals surface area (Å²) in [4.78, 5) is 29.6. The smallest absolute Gasteiger partial charge is 0.264 e. The molecular weight excluding hydrogens is 546 g/mol. The van der Waals surface area contributed by atoms with Gasteiger partial charge in [0.2, 0.25) is 11.8 Å². The highest BCUT2D eigenvalue weighted by atomic mass is 32.2.